The fourth-order valence-electron chi connectivity index (χ4n) is 2.28. The maximum absolute atomic E-state index is 12.3. The molecule has 1 aromatic carbocycles. The maximum atomic E-state index is 12.3. The lowest BCUT2D eigenvalue weighted by atomic mass is 10.2. The van der Waals surface area contributed by atoms with Crippen LogP contribution in [0.4, 0.5) is 13.2 Å². The van der Waals surface area contributed by atoms with Gasteiger partial charge in [0.25, 0.3) is 0 Å². The topological polar surface area (TPSA) is 33.7 Å². The molecule has 0 aliphatic carbocycles. The third kappa shape index (κ3) is 5.66. The van der Waals surface area contributed by atoms with Crippen molar-refractivity contribution in [3.63, 3.8) is 0 Å². The van der Waals surface area contributed by atoms with Crippen molar-refractivity contribution in [2.24, 2.45) is 0 Å². The van der Waals surface area contributed by atoms with Gasteiger partial charge in [-0.15, -0.1) is 13.2 Å². The van der Waals surface area contributed by atoms with Crippen molar-refractivity contribution in [2.45, 2.75) is 19.3 Å². The summed E-state index contributed by atoms with van der Waals surface area (Å²) in [5.41, 5.74) is 0. The zero-order valence-corrected chi connectivity index (χ0v) is 13.7. The van der Waals surface area contributed by atoms with Crippen LogP contribution in [0.15, 0.2) is 22.7 Å². The molecule has 1 N–H and O–H groups in total. The quantitative estimate of drug-likeness (QED) is 0.848. The van der Waals surface area contributed by atoms with Crippen LogP contribution in [0, 0.1) is 0 Å². The van der Waals surface area contributed by atoms with E-state index in [0.29, 0.717) is 18.4 Å². The van der Waals surface area contributed by atoms with Gasteiger partial charge in [0.15, 0.2) is 0 Å². The second-order valence-electron chi connectivity index (χ2n) is 5.14. The van der Waals surface area contributed by atoms with E-state index in [0.717, 1.165) is 26.2 Å². The molecule has 0 bridgehead atoms. The summed E-state index contributed by atoms with van der Waals surface area (Å²) in [7, 11) is 0. The lowest BCUT2D eigenvalue weighted by Crippen LogP contribution is -2.50. The van der Waals surface area contributed by atoms with Gasteiger partial charge < -0.3 is 14.8 Å². The van der Waals surface area contributed by atoms with Crippen LogP contribution < -0.4 is 14.8 Å². The molecule has 124 valence electrons. The van der Waals surface area contributed by atoms with Crippen molar-refractivity contribution in [1.29, 1.82) is 0 Å². The second-order valence-corrected chi connectivity index (χ2v) is 6.00. The molecule has 1 saturated heterocycles. The van der Waals surface area contributed by atoms with Gasteiger partial charge >= 0.3 is 6.36 Å². The molecule has 0 saturated carbocycles. The van der Waals surface area contributed by atoms with Gasteiger partial charge in [0.1, 0.15) is 18.1 Å². The molecule has 0 aromatic heterocycles. The summed E-state index contributed by atoms with van der Waals surface area (Å²) in [6.07, 6.45) is -4.72. The van der Waals surface area contributed by atoms with Gasteiger partial charge in [-0.1, -0.05) is 0 Å². The van der Waals surface area contributed by atoms with E-state index >= 15 is 0 Å². The fraction of sp³-hybridized carbons (Fsp3) is 0.571. The predicted molar refractivity (Wildman–Crippen MR) is 80.2 cm³/mol. The number of rotatable bonds is 5. The summed E-state index contributed by atoms with van der Waals surface area (Å²) in [5.74, 6) is 0.0476. The van der Waals surface area contributed by atoms with Crippen molar-refractivity contribution in [3.05, 3.63) is 22.7 Å². The van der Waals surface area contributed by atoms with Crippen LogP contribution in [0.5, 0.6) is 11.5 Å². The van der Waals surface area contributed by atoms with Crippen molar-refractivity contribution in [1.82, 2.24) is 10.2 Å². The molecule has 8 heteroatoms. The van der Waals surface area contributed by atoms with Crippen LogP contribution in [-0.2, 0) is 0 Å². The molecule has 1 atom stereocenters. The Morgan fingerprint density at radius 1 is 1.41 bits per heavy atom. The minimum Gasteiger partial charge on any atom is -0.492 e. The van der Waals surface area contributed by atoms with E-state index in [2.05, 4.69) is 37.8 Å². The minimum atomic E-state index is -4.72. The number of alkyl halides is 3. The van der Waals surface area contributed by atoms with E-state index < -0.39 is 6.36 Å². The van der Waals surface area contributed by atoms with Gasteiger partial charge in [0, 0.05) is 38.3 Å². The molecule has 0 radical (unpaired) electrons. The Morgan fingerprint density at radius 3 is 2.86 bits per heavy atom. The zero-order valence-electron chi connectivity index (χ0n) is 12.1. The Labute approximate surface area is 135 Å². The largest absolute Gasteiger partial charge is 0.573 e. The molecular formula is C14H18BrF3N2O2. The van der Waals surface area contributed by atoms with E-state index in [1.54, 1.807) is 6.07 Å². The molecule has 0 spiro atoms. The highest BCUT2D eigenvalue weighted by atomic mass is 79.9. The number of nitrogens with one attached hydrogen (secondary N) is 1. The van der Waals surface area contributed by atoms with Gasteiger partial charge in [-0.05, 0) is 35.0 Å². The summed E-state index contributed by atoms with van der Waals surface area (Å²) in [6, 6.07) is 4.75. The molecule has 0 unspecified atom stereocenters. The van der Waals surface area contributed by atoms with Gasteiger partial charge in [0.2, 0.25) is 0 Å². The van der Waals surface area contributed by atoms with E-state index in [-0.39, 0.29) is 10.2 Å². The van der Waals surface area contributed by atoms with Gasteiger partial charge in [-0.2, -0.15) is 0 Å². The Hall–Kier alpha value is -0.990. The SMILES string of the molecule is C[C@H]1CN(CCOc2ccc(Br)c(OC(F)(F)F)c2)CCN1. The maximum Gasteiger partial charge on any atom is 0.573 e. The lowest BCUT2D eigenvalue weighted by molar-refractivity contribution is -0.274. The standard InChI is InChI=1S/C14H18BrF3N2O2/c1-10-9-20(5-4-19-10)6-7-21-11-2-3-12(15)13(8-11)22-14(16,17)18/h2-3,8,10,19H,4-7,9H2,1H3/t10-/m0/s1. The first-order valence-corrected chi connectivity index (χ1v) is 7.76. The predicted octanol–water partition coefficient (Wildman–Crippen LogP) is 3.02. The molecule has 1 aliphatic rings. The smallest absolute Gasteiger partial charge is 0.492 e. The van der Waals surface area contributed by atoms with Crippen molar-refractivity contribution in [2.75, 3.05) is 32.8 Å². The average molecular weight is 383 g/mol. The Morgan fingerprint density at radius 2 is 2.18 bits per heavy atom. The molecular weight excluding hydrogens is 365 g/mol. The third-order valence-electron chi connectivity index (χ3n) is 3.26. The van der Waals surface area contributed by atoms with Crippen molar-refractivity contribution >= 4 is 15.9 Å². The monoisotopic (exact) mass is 382 g/mol. The summed E-state index contributed by atoms with van der Waals surface area (Å²) in [4.78, 5) is 2.26. The van der Waals surface area contributed by atoms with Crippen LogP contribution >= 0.6 is 15.9 Å². The van der Waals surface area contributed by atoms with Crippen LogP contribution in [0.1, 0.15) is 6.92 Å². The molecule has 1 aromatic rings. The second kappa shape index (κ2) is 7.52. The molecule has 22 heavy (non-hydrogen) atoms. The van der Waals surface area contributed by atoms with E-state index in [9.17, 15) is 13.2 Å². The number of benzene rings is 1. The van der Waals surface area contributed by atoms with E-state index in [4.69, 9.17) is 4.74 Å². The normalized spacial score (nSPS) is 20.0. The average Bonchev–Trinajstić information content (AvgIpc) is 2.41. The van der Waals surface area contributed by atoms with Gasteiger partial charge in [0.05, 0.1) is 4.47 Å². The Bertz CT molecular complexity index is 499. The lowest BCUT2D eigenvalue weighted by Gasteiger charge is -2.31. The molecule has 1 fully saturated rings. The third-order valence-corrected chi connectivity index (χ3v) is 3.91. The first-order chi connectivity index (χ1) is 10.3. The summed E-state index contributed by atoms with van der Waals surface area (Å²) >= 11 is 3.02. The first kappa shape index (κ1) is 17.4. The number of hydrogen-bond acceptors (Lipinski definition) is 4. The zero-order chi connectivity index (χ0) is 16.2. The molecule has 1 heterocycles. The van der Waals surface area contributed by atoms with Crippen LogP contribution in [0.25, 0.3) is 0 Å². The number of piperazine rings is 1. The van der Waals surface area contributed by atoms with Crippen LogP contribution in [0.2, 0.25) is 0 Å². The van der Waals surface area contributed by atoms with Crippen molar-refractivity contribution < 1.29 is 22.6 Å². The van der Waals surface area contributed by atoms with Gasteiger partial charge in [-0.25, -0.2) is 0 Å². The molecule has 2 rings (SSSR count). The Balaban J connectivity index is 1.86. The number of hydrogen-bond donors (Lipinski definition) is 1. The first-order valence-electron chi connectivity index (χ1n) is 6.97. The number of nitrogens with zero attached hydrogens (tertiary/aromatic N) is 1. The summed E-state index contributed by atoms with van der Waals surface area (Å²) in [6.45, 7) is 6.07. The summed E-state index contributed by atoms with van der Waals surface area (Å²) < 4.78 is 46.6. The van der Waals surface area contributed by atoms with Crippen molar-refractivity contribution in [3.8, 4) is 11.5 Å². The van der Waals surface area contributed by atoms with E-state index in [1.807, 2.05) is 0 Å². The van der Waals surface area contributed by atoms with E-state index in [1.165, 1.54) is 12.1 Å². The molecule has 4 nitrogen and oxygen atoms in total. The minimum absolute atomic E-state index is 0.230. The number of halogens is 4. The van der Waals surface area contributed by atoms with Gasteiger partial charge in [-0.3, -0.25) is 4.90 Å². The van der Waals surface area contributed by atoms with Crippen LogP contribution in [-0.4, -0.2) is 50.1 Å². The van der Waals surface area contributed by atoms with Crippen LogP contribution in [0.3, 0.4) is 0 Å². The molecule has 1 aliphatic heterocycles. The number of ether oxygens (including phenoxy) is 2. The highest BCUT2D eigenvalue weighted by Gasteiger charge is 2.32. The fourth-order valence-corrected chi connectivity index (χ4v) is 2.61. The highest BCUT2D eigenvalue weighted by Crippen LogP contribution is 2.33. The Kier molecular flexibility index (Phi) is 5.94. The molecule has 0 amide bonds. The highest BCUT2D eigenvalue weighted by molar-refractivity contribution is 9.10. The summed E-state index contributed by atoms with van der Waals surface area (Å²) in [5, 5.41) is 3.34.